The highest BCUT2D eigenvalue weighted by Crippen LogP contribution is 2.46. The van der Waals surface area contributed by atoms with Crippen molar-refractivity contribution in [1.29, 1.82) is 0 Å². The van der Waals surface area contributed by atoms with E-state index in [1.807, 2.05) is 23.1 Å². The quantitative estimate of drug-likeness (QED) is 0.0817. The summed E-state index contributed by atoms with van der Waals surface area (Å²) in [5.41, 5.74) is 6.14. The van der Waals surface area contributed by atoms with Crippen molar-refractivity contribution in [3.05, 3.63) is 88.0 Å². The van der Waals surface area contributed by atoms with Crippen molar-refractivity contribution in [2.75, 3.05) is 18.2 Å². The number of nitrogens with two attached hydrogens (primary N) is 1. The molecule has 302 valence electrons. The fourth-order valence-electron chi connectivity index (χ4n) is 8.65. The van der Waals surface area contributed by atoms with Crippen molar-refractivity contribution in [2.45, 2.75) is 99.4 Å². The van der Waals surface area contributed by atoms with Crippen LogP contribution < -0.4 is 36.1 Å². The molecule has 3 saturated heterocycles. The third-order valence-corrected chi connectivity index (χ3v) is 11.5. The summed E-state index contributed by atoms with van der Waals surface area (Å²) in [7, 11) is 0. The second-order valence-electron chi connectivity index (χ2n) is 15.2. The largest absolute Gasteiger partial charge is 0.486 e. The Hall–Kier alpha value is -4.82. The average Bonchev–Trinajstić information content (AvgIpc) is 3.84. The molecule has 57 heavy (non-hydrogen) atoms. The van der Waals surface area contributed by atoms with Crippen LogP contribution in [-0.4, -0.2) is 123 Å². The Morgan fingerprint density at radius 1 is 0.930 bits per heavy atom. The first-order valence-corrected chi connectivity index (χ1v) is 19.0. The zero-order valence-electron chi connectivity index (χ0n) is 30.7. The van der Waals surface area contributed by atoms with Gasteiger partial charge in [0.25, 0.3) is 0 Å². The number of aliphatic hydroxyl groups is 5. The second kappa shape index (κ2) is 15.5. The first-order valence-electron chi connectivity index (χ1n) is 19.0. The van der Waals surface area contributed by atoms with Crippen LogP contribution in [-0.2, 0) is 20.7 Å². The Bertz CT molecular complexity index is 2080. The van der Waals surface area contributed by atoms with Crippen LogP contribution in [0.5, 0.6) is 11.5 Å². The number of amides is 1. The van der Waals surface area contributed by atoms with Gasteiger partial charge in [-0.3, -0.25) is 30.8 Å². The summed E-state index contributed by atoms with van der Waals surface area (Å²) in [6.07, 6.45) is -9.18. The predicted molar refractivity (Wildman–Crippen MR) is 199 cm³/mol. The lowest BCUT2D eigenvalue weighted by Gasteiger charge is -2.45. The van der Waals surface area contributed by atoms with E-state index in [1.165, 1.54) is 18.2 Å². The summed E-state index contributed by atoms with van der Waals surface area (Å²) >= 11 is 0. The second-order valence-corrected chi connectivity index (χ2v) is 15.2. The van der Waals surface area contributed by atoms with E-state index in [4.69, 9.17) is 19.9 Å². The number of carbonyl (C=O) groups is 4. The Morgan fingerprint density at radius 3 is 2.37 bits per heavy atom. The number of nitrogens with zero attached hydrogens (tertiary/aromatic N) is 1. The lowest BCUT2D eigenvalue weighted by atomic mass is 9.81. The number of benzene rings is 3. The fraction of sp³-hybridized carbons (Fsp3) is 0.450. The molecule has 1 saturated carbocycles. The number of aliphatic hydroxyl groups excluding tert-OH is 4. The van der Waals surface area contributed by atoms with Crippen LogP contribution in [0.15, 0.2) is 54.6 Å². The number of nitrogens with one attached hydrogen (secondary N) is 3. The number of hydrogen-bond acceptors (Lipinski definition) is 16. The highest BCUT2D eigenvalue weighted by molar-refractivity contribution is 6.29. The van der Waals surface area contributed by atoms with E-state index in [0.29, 0.717) is 30.4 Å². The molecule has 10 N–H and O–H groups in total. The Balaban J connectivity index is 1.27. The van der Waals surface area contributed by atoms with Gasteiger partial charge in [0.2, 0.25) is 12.2 Å². The van der Waals surface area contributed by atoms with Gasteiger partial charge in [-0.25, -0.2) is 0 Å². The zero-order chi connectivity index (χ0) is 40.2. The molecule has 0 radical (unpaired) electrons. The third-order valence-electron chi connectivity index (χ3n) is 11.5. The molecule has 3 aromatic carbocycles. The maximum absolute atomic E-state index is 14.3. The van der Waals surface area contributed by atoms with Gasteiger partial charge < -0.3 is 54.8 Å². The molecule has 17 nitrogen and oxygen atoms in total. The molecule has 4 fully saturated rings. The zero-order valence-corrected chi connectivity index (χ0v) is 30.7. The highest BCUT2D eigenvalue weighted by Gasteiger charge is 2.54. The van der Waals surface area contributed by atoms with Crippen LogP contribution in [0.1, 0.15) is 75.1 Å². The molecule has 1 amide bonds. The lowest BCUT2D eigenvalue weighted by Crippen LogP contribution is -2.70. The minimum Gasteiger partial charge on any atom is -0.486 e. The number of ketones is 2. The molecule has 3 aromatic rings. The Morgan fingerprint density at radius 2 is 1.63 bits per heavy atom. The van der Waals surface area contributed by atoms with E-state index in [0.717, 1.165) is 0 Å². The van der Waals surface area contributed by atoms with Crippen molar-refractivity contribution in [3.8, 4) is 11.5 Å². The normalized spacial score (nSPS) is 29.6. The van der Waals surface area contributed by atoms with Crippen LogP contribution in [0.25, 0.3) is 0 Å². The first-order chi connectivity index (χ1) is 27.4. The first kappa shape index (κ1) is 39.0. The maximum Gasteiger partial charge on any atom is 0.242 e. The standard InChI is InChI=1S/C40H45N5O12/c41-39-43-36-27(37(53)44-39)42-18-45(36)25-10-4-1-7-19(25)15-20-16-24-26(29(49)23-9-3-2-8-22(23)28(24)48)34(55-17-21(47)11-14-46)33(20)56-38-32(52)30(50)31(51)35(57-38)40(54)12-5-6-13-40/h1-4,7-10,14,16,21,27,30-32,35-36,38-39,42-43,47,50-52,54H,5-6,11-13,15,17-18,41H2,(H,44,53). The molecule has 0 spiro atoms. The fourth-order valence-corrected chi connectivity index (χ4v) is 8.65. The molecule has 3 heterocycles. The van der Waals surface area contributed by atoms with Gasteiger partial charge in [-0.15, -0.1) is 0 Å². The molecule has 9 unspecified atom stereocenters. The number of fused-ring (bicyclic) bond motifs is 3. The summed E-state index contributed by atoms with van der Waals surface area (Å²) in [5.74, 6) is -1.85. The van der Waals surface area contributed by atoms with Crippen LogP contribution in [0.3, 0.4) is 0 Å². The van der Waals surface area contributed by atoms with Crippen molar-refractivity contribution < 1.29 is 58.9 Å². The molecular weight excluding hydrogens is 742 g/mol. The van der Waals surface area contributed by atoms with Gasteiger partial charge in [0, 0.05) is 40.8 Å². The van der Waals surface area contributed by atoms with Crippen molar-refractivity contribution in [3.63, 3.8) is 0 Å². The lowest BCUT2D eigenvalue weighted by molar-refractivity contribution is -0.304. The number of carbonyl (C=O) groups excluding carboxylic acids is 4. The van der Waals surface area contributed by atoms with E-state index >= 15 is 0 Å². The van der Waals surface area contributed by atoms with Gasteiger partial charge in [0.05, 0.1) is 23.9 Å². The van der Waals surface area contributed by atoms with Gasteiger partial charge in [-0.05, 0) is 30.5 Å². The number of aldehydes is 1. The van der Waals surface area contributed by atoms with E-state index in [2.05, 4.69) is 16.0 Å². The number of ether oxygens (including phenoxy) is 3. The number of hydrogen-bond donors (Lipinski definition) is 9. The number of para-hydroxylation sites is 1. The Labute approximate surface area is 326 Å². The molecule has 5 aliphatic rings. The van der Waals surface area contributed by atoms with Crippen LogP contribution in [0, 0.1) is 0 Å². The van der Waals surface area contributed by atoms with E-state index < -0.39 is 79.1 Å². The number of anilines is 1. The molecular formula is C40H45N5O12. The topological polar surface area (TPSA) is 262 Å². The monoisotopic (exact) mass is 787 g/mol. The molecule has 0 aromatic heterocycles. The summed E-state index contributed by atoms with van der Waals surface area (Å²) in [5, 5.41) is 64.6. The Kier molecular flexibility index (Phi) is 10.6. The van der Waals surface area contributed by atoms with E-state index in [9.17, 15) is 44.7 Å². The van der Waals surface area contributed by atoms with Gasteiger partial charge in [0.15, 0.2) is 23.1 Å². The van der Waals surface area contributed by atoms with E-state index in [1.54, 1.807) is 18.2 Å². The van der Waals surface area contributed by atoms with Crippen LogP contribution in [0.4, 0.5) is 5.69 Å². The average molecular weight is 788 g/mol. The summed E-state index contributed by atoms with van der Waals surface area (Å²) in [6.45, 7) is -0.259. The predicted octanol–water partition coefficient (Wildman–Crippen LogP) is -1.10. The molecule has 2 aliphatic carbocycles. The highest BCUT2D eigenvalue weighted by atomic mass is 16.7. The van der Waals surface area contributed by atoms with Crippen molar-refractivity contribution >= 4 is 29.4 Å². The third kappa shape index (κ3) is 6.98. The molecule has 9 atom stereocenters. The SMILES string of the molecule is NC1NC(=O)C2NCN(c3ccccc3Cc3cc4c(c(OCC(O)CC=O)c3OC3OC(C5(O)CCCC5)C(O)C(O)C3O)C(=O)c3ccccc3C4=O)C2N1. The molecule has 17 heteroatoms. The minimum atomic E-state index is -1.87. The van der Waals surface area contributed by atoms with Crippen LogP contribution in [0.2, 0.25) is 0 Å². The van der Waals surface area contributed by atoms with Crippen LogP contribution >= 0.6 is 0 Å². The maximum atomic E-state index is 14.3. The smallest absolute Gasteiger partial charge is 0.242 e. The number of rotatable bonds is 11. The van der Waals surface area contributed by atoms with Gasteiger partial charge in [-0.2, -0.15) is 0 Å². The van der Waals surface area contributed by atoms with Gasteiger partial charge >= 0.3 is 0 Å². The molecule has 8 rings (SSSR count). The van der Waals surface area contributed by atoms with E-state index in [-0.39, 0.29) is 77.6 Å². The van der Waals surface area contributed by atoms with Crippen molar-refractivity contribution in [2.24, 2.45) is 5.73 Å². The van der Waals surface area contributed by atoms with Gasteiger partial charge in [-0.1, -0.05) is 55.3 Å². The molecule has 0 bridgehead atoms. The minimum absolute atomic E-state index is 0.0113. The van der Waals surface area contributed by atoms with Gasteiger partial charge in [0.1, 0.15) is 55.8 Å². The summed E-state index contributed by atoms with van der Waals surface area (Å²) in [4.78, 5) is 54.6. The van der Waals surface area contributed by atoms with Crippen molar-refractivity contribution in [1.82, 2.24) is 16.0 Å². The summed E-state index contributed by atoms with van der Waals surface area (Å²) in [6, 6.07) is 14.4. The molecule has 3 aliphatic heterocycles. The summed E-state index contributed by atoms with van der Waals surface area (Å²) < 4.78 is 18.7.